The van der Waals surface area contributed by atoms with Gasteiger partial charge in [-0.2, -0.15) is 15.0 Å². The maximum absolute atomic E-state index is 5.63. The summed E-state index contributed by atoms with van der Waals surface area (Å²) in [6.07, 6.45) is 0. The van der Waals surface area contributed by atoms with Crippen LogP contribution in [0.3, 0.4) is 0 Å². The Morgan fingerprint density at radius 1 is 1.25 bits per heavy atom. The molecule has 82 valence electrons. The van der Waals surface area contributed by atoms with Crippen LogP contribution < -0.4 is 10.5 Å². The van der Waals surface area contributed by atoms with Crippen LogP contribution in [0.25, 0.3) is 0 Å². The molecule has 0 spiro atoms. The minimum absolute atomic E-state index is 0.00940. The summed E-state index contributed by atoms with van der Waals surface area (Å²) in [7, 11) is 0. The Hall–Kier alpha value is -1.88. The molecule has 1 aromatic heterocycles. The molecule has 0 saturated heterocycles. The van der Waals surface area contributed by atoms with Gasteiger partial charge in [0.1, 0.15) is 5.75 Å². The monoisotopic (exact) mass is 236 g/mol. The van der Waals surface area contributed by atoms with Crippen molar-refractivity contribution in [3.05, 3.63) is 35.1 Å². The second-order valence-electron chi connectivity index (χ2n) is 3.16. The number of benzene rings is 1. The summed E-state index contributed by atoms with van der Waals surface area (Å²) in [4.78, 5) is 11.2. The van der Waals surface area contributed by atoms with E-state index < -0.39 is 0 Å². The van der Waals surface area contributed by atoms with Crippen LogP contribution in [0.15, 0.2) is 24.3 Å². The average molecular weight is 237 g/mol. The molecular weight excluding hydrogens is 228 g/mol. The number of nitrogen functional groups attached to an aromatic ring is 1. The Balaban J connectivity index is 2.27. The number of anilines is 1. The van der Waals surface area contributed by atoms with E-state index in [1.807, 2.05) is 25.1 Å². The van der Waals surface area contributed by atoms with Gasteiger partial charge in [-0.1, -0.05) is 12.1 Å². The minimum atomic E-state index is 0.00940. The zero-order valence-corrected chi connectivity index (χ0v) is 9.27. The summed E-state index contributed by atoms with van der Waals surface area (Å²) in [6, 6.07) is 7.57. The highest BCUT2D eigenvalue weighted by molar-refractivity contribution is 6.28. The molecule has 0 saturated carbocycles. The summed E-state index contributed by atoms with van der Waals surface area (Å²) >= 11 is 5.63. The van der Waals surface area contributed by atoms with Gasteiger partial charge in [0.15, 0.2) is 0 Å². The summed E-state index contributed by atoms with van der Waals surface area (Å²) in [6.45, 7) is 1.96. The normalized spacial score (nSPS) is 10.1. The molecular formula is C10H9ClN4O. The van der Waals surface area contributed by atoms with Crippen molar-refractivity contribution < 1.29 is 4.74 Å². The van der Waals surface area contributed by atoms with Crippen molar-refractivity contribution in [1.82, 2.24) is 15.0 Å². The third-order valence-corrected chi connectivity index (χ3v) is 1.97. The highest BCUT2D eigenvalue weighted by Gasteiger charge is 2.04. The second-order valence-corrected chi connectivity index (χ2v) is 3.50. The van der Waals surface area contributed by atoms with Crippen LogP contribution in [0.4, 0.5) is 5.95 Å². The van der Waals surface area contributed by atoms with Crippen LogP contribution in [-0.4, -0.2) is 15.0 Å². The zero-order chi connectivity index (χ0) is 11.5. The molecule has 0 bridgehead atoms. The maximum atomic E-state index is 5.63. The summed E-state index contributed by atoms with van der Waals surface area (Å²) in [5.74, 6) is 0.657. The van der Waals surface area contributed by atoms with Crippen molar-refractivity contribution in [2.75, 3.05) is 5.73 Å². The average Bonchev–Trinajstić information content (AvgIpc) is 2.15. The SMILES string of the molecule is Cc1cccc(Oc2nc(N)nc(Cl)n2)c1. The van der Waals surface area contributed by atoms with Crippen LogP contribution in [0.2, 0.25) is 5.28 Å². The lowest BCUT2D eigenvalue weighted by Crippen LogP contribution is -2.00. The standard InChI is InChI=1S/C10H9ClN4O/c1-6-3-2-4-7(5-6)16-10-14-8(11)13-9(12)15-10/h2-5H,1H3,(H2,12,13,14,15). The predicted molar refractivity (Wildman–Crippen MR) is 60.5 cm³/mol. The number of aryl methyl sites for hydroxylation is 1. The molecule has 2 rings (SSSR count). The Morgan fingerprint density at radius 3 is 2.75 bits per heavy atom. The van der Waals surface area contributed by atoms with Gasteiger partial charge in [-0.25, -0.2) is 0 Å². The maximum Gasteiger partial charge on any atom is 0.328 e. The van der Waals surface area contributed by atoms with Crippen molar-refractivity contribution in [2.45, 2.75) is 6.92 Å². The van der Waals surface area contributed by atoms with Gasteiger partial charge in [-0.05, 0) is 36.2 Å². The molecule has 2 N–H and O–H groups in total. The Morgan fingerprint density at radius 2 is 2.06 bits per heavy atom. The molecule has 6 heteroatoms. The van der Waals surface area contributed by atoms with E-state index in [2.05, 4.69) is 15.0 Å². The lowest BCUT2D eigenvalue weighted by molar-refractivity contribution is 0.440. The van der Waals surface area contributed by atoms with Gasteiger partial charge in [-0.3, -0.25) is 0 Å². The van der Waals surface area contributed by atoms with E-state index in [1.165, 1.54) is 0 Å². The first kappa shape index (κ1) is 10.6. The molecule has 1 aromatic carbocycles. The number of nitrogens with zero attached hydrogens (tertiary/aromatic N) is 3. The van der Waals surface area contributed by atoms with E-state index in [0.29, 0.717) is 5.75 Å². The molecule has 0 atom stereocenters. The summed E-state index contributed by atoms with van der Waals surface area (Å²) in [5, 5.41) is 0.00940. The van der Waals surface area contributed by atoms with Gasteiger partial charge < -0.3 is 10.5 Å². The molecule has 16 heavy (non-hydrogen) atoms. The van der Waals surface area contributed by atoms with Crippen LogP contribution in [-0.2, 0) is 0 Å². The van der Waals surface area contributed by atoms with E-state index in [9.17, 15) is 0 Å². The second kappa shape index (κ2) is 4.32. The number of rotatable bonds is 2. The fourth-order valence-electron chi connectivity index (χ4n) is 1.18. The third kappa shape index (κ3) is 2.58. The topological polar surface area (TPSA) is 73.9 Å². The first-order chi connectivity index (χ1) is 7.63. The molecule has 0 radical (unpaired) electrons. The molecule has 0 aliphatic carbocycles. The molecule has 5 nitrogen and oxygen atoms in total. The number of hydrogen-bond acceptors (Lipinski definition) is 5. The highest BCUT2D eigenvalue weighted by atomic mass is 35.5. The van der Waals surface area contributed by atoms with Gasteiger partial charge in [0.2, 0.25) is 11.2 Å². The number of aromatic nitrogens is 3. The first-order valence-corrected chi connectivity index (χ1v) is 4.93. The van der Waals surface area contributed by atoms with Gasteiger partial charge in [0, 0.05) is 0 Å². The van der Waals surface area contributed by atoms with E-state index in [-0.39, 0.29) is 17.2 Å². The zero-order valence-electron chi connectivity index (χ0n) is 8.51. The Bertz CT molecular complexity index is 498. The summed E-state index contributed by atoms with van der Waals surface area (Å²) < 4.78 is 5.39. The fraction of sp³-hybridized carbons (Fsp3) is 0.100. The Labute approximate surface area is 97.3 Å². The van der Waals surface area contributed by atoms with E-state index in [4.69, 9.17) is 22.1 Å². The molecule has 0 unspecified atom stereocenters. The number of nitrogens with two attached hydrogens (primary N) is 1. The first-order valence-electron chi connectivity index (χ1n) is 4.55. The van der Waals surface area contributed by atoms with Gasteiger partial charge in [0.25, 0.3) is 0 Å². The van der Waals surface area contributed by atoms with E-state index >= 15 is 0 Å². The largest absolute Gasteiger partial charge is 0.424 e. The van der Waals surface area contributed by atoms with Crippen LogP contribution in [0, 0.1) is 6.92 Å². The van der Waals surface area contributed by atoms with E-state index in [1.54, 1.807) is 6.07 Å². The molecule has 2 aromatic rings. The molecule has 0 fully saturated rings. The number of ether oxygens (including phenoxy) is 1. The van der Waals surface area contributed by atoms with Crippen molar-refractivity contribution in [2.24, 2.45) is 0 Å². The highest BCUT2D eigenvalue weighted by Crippen LogP contribution is 2.19. The van der Waals surface area contributed by atoms with Crippen LogP contribution >= 0.6 is 11.6 Å². The molecule has 0 aliphatic heterocycles. The number of halogens is 1. The van der Waals surface area contributed by atoms with Crippen molar-refractivity contribution in [1.29, 1.82) is 0 Å². The smallest absolute Gasteiger partial charge is 0.328 e. The van der Waals surface area contributed by atoms with Crippen molar-refractivity contribution in [3.8, 4) is 11.8 Å². The van der Waals surface area contributed by atoms with Gasteiger partial charge in [-0.15, -0.1) is 0 Å². The lowest BCUT2D eigenvalue weighted by atomic mass is 10.2. The quantitative estimate of drug-likeness (QED) is 0.865. The van der Waals surface area contributed by atoms with Crippen LogP contribution in [0.1, 0.15) is 5.56 Å². The lowest BCUT2D eigenvalue weighted by Gasteiger charge is -2.04. The van der Waals surface area contributed by atoms with Gasteiger partial charge in [0.05, 0.1) is 0 Å². The Kier molecular flexibility index (Phi) is 2.87. The minimum Gasteiger partial charge on any atom is -0.424 e. The molecule has 0 aliphatic rings. The van der Waals surface area contributed by atoms with Crippen LogP contribution in [0.5, 0.6) is 11.8 Å². The summed E-state index contributed by atoms with van der Waals surface area (Å²) in [5.41, 5.74) is 6.49. The van der Waals surface area contributed by atoms with Gasteiger partial charge >= 0.3 is 6.01 Å². The molecule has 0 amide bonds. The van der Waals surface area contributed by atoms with Crippen molar-refractivity contribution >= 4 is 17.5 Å². The molecule has 1 heterocycles. The number of hydrogen-bond donors (Lipinski definition) is 1. The van der Waals surface area contributed by atoms with E-state index in [0.717, 1.165) is 5.56 Å². The third-order valence-electron chi connectivity index (χ3n) is 1.80. The van der Waals surface area contributed by atoms with Crippen molar-refractivity contribution in [3.63, 3.8) is 0 Å². The predicted octanol–water partition coefficient (Wildman–Crippen LogP) is 2.21. The fourth-order valence-corrected chi connectivity index (χ4v) is 1.34.